The number of fused-ring (bicyclic) bond motifs is 1. The van der Waals surface area contributed by atoms with Gasteiger partial charge in [-0.3, -0.25) is 24.0 Å². The number of hydrogen-bond donors (Lipinski definition) is 8. The minimum Gasteiger partial charge on any atom is -0.481 e. The standard InChI is InChI=1S/C22H27N5O9/c1-10(25-20(33)13(23)6-11-9-24-14-5-3-2-4-12(11)14)19(32)26-15(7-17(28)29)21(34)27-16(22(35)36)8-18(30)31/h2-5,9-10,13,15-16,24H,6-8,23H2,1H3,(H,25,33)(H,26,32)(H,27,34)(H,28,29)(H,30,31)(H,35,36). The maximum absolute atomic E-state index is 12.5. The number of para-hydroxylation sites is 1. The number of carboxylic acids is 3. The van der Waals surface area contributed by atoms with E-state index >= 15 is 0 Å². The van der Waals surface area contributed by atoms with E-state index in [4.69, 9.17) is 21.1 Å². The van der Waals surface area contributed by atoms with E-state index in [0.717, 1.165) is 16.5 Å². The molecule has 1 heterocycles. The summed E-state index contributed by atoms with van der Waals surface area (Å²) in [6, 6.07) is 1.58. The fourth-order valence-electron chi connectivity index (χ4n) is 3.34. The number of carbonyl (C=O) groups excluding carboxylic acids is 3. The molecule has 4 atom stereocenters. The molecule has 36 heavy (non-hydrogen) atoms. The first-order chi connectivity index (χ1) is 16.9. The lowest BCUT2D eigenvalue weighted by Crippen LogP contribution is -2.57. The Labute approximate surface area is 204 Å². The smallest absolute Gasteiger partial charge is 0.326 e. The molecule has 1 aromatic heterocycles. The Morgan fingerprint density at radius 1 is 0.861 bits per heavy atom. The molecule has 14 heteroatoms. The van der Waals surface area contributed by atoms with Crippen molar-refractivity contribution in [3.63, 3.8) is 0 Å². The molecule has 0 fully saturated rings. The van der Waals surface area contributed by atoms with Gasteiger partial charge in [-0.15, -0.1) is 0 Å². The van der Waals surface area contributed by atoms with Crippen LogP contribution in [0.2, 0.25) is 0 Å². The van der Waals surface area contributed by atoms with E-state index in [1.54, 1.807) is 6.20 Å². The average molecular weight is 505 g/mol. The van der Waals surface area contributed by atoms with Gasteiger partial charge in [0.2, 0.25) is 17.7 Å². The van der Waals surface area contributed by atoms with Gasteiger partial charge in [-0.25, -0.2) is 4.79 Å². The van der Waals surface area contributed by atoms with Crippen LogP contribution in [0.4, 0.5) is 0 Å². The van der Waals surface area contributed by atoms with Gasteiger partial charge in [0, 0.05) is 17.1 Å². The number of aromatic amines is 1. The second-order valence-corrected chi connectivity index (χ2v) is 8.06. The van der Waals surface area contributed by atoms with Crippen molar-refractivity contribution in [2.45, 2.75) is 50.4 Å². The zero-order valence-corrected chi connectivity index (χ0v) is 19.2. The van der Waals surface area contributed by atoms with E-state index in [0.29, 0.717) is 0 Å². The van der Waals surface area contributed by atoms with Crippen molar-refractivity contribution < 1.29 is 44.1 Å². The Kier molecular flexibility index (Phi) is 9.50. The summed E-state index contributed by atoms with van der Waals surface area (Å²) in [4.78, 5) is 73.6. The van der Waals surface area contributed by atoms with Crippen LogP contribution in [0.5, 0.6) is 0 Å². The third kappa shape index (κ3) is 7.80. The fraction of sp³-hybridized carbons (Fsp3) is 0.364. The third-order valence-electron chi connectivity index (χ3n) is 5.21. The number of benzene rings is 1. The van der Waals surface area contributed by atoms with Gasteiger partial charge in [-0.1, -0.05) is 18.2 Å². The Morgan fingerprint density at radius 3 is 2.06 bits per heavy atom. The molecule has 0 bridgehead atoms. The maximum Gasteiger partial charge on any atom is 0.326 e. The highest BCUT2D eigenvalue weighted by Crippen LogP contribution is 2.18. The van der Waals surface area contributed by atoms with Gasteiger partial charge < -0.3 is 42.0 Å². The molecule has 14 nitrogen and oxygen atoms in total. The van der Waals surface area contributed by atoms with Crippen LogP contribution < -0.4 is 21.7 Å². The number of hydrogen-bond acceptors (Lipinski definition) is 7. The van der Waals surface area contributed by atoms with Crippen LogP contribution >= 0.6 is 0 Å². The summed E-state index contributed by atoms with van der Waals surface area (Å²) < 4.78 is 0. The molecule has 4 unspecified atom stereocenters. The normalized spacial score (nSPS) is 14.2. The van der Waals surface area contributed by atoms with E-state index in [2.05, 4.69) is 15.6 Å². The molecular formula is C22H27N5O9. The van der Waals surface area contributed by atoms with Crippen LogP contribution in [0.25, 0.3) is 10.9 Å². The second-order valence-electron chi connectivity index (χ2n) is 8.06. The number of carboxylic acid groups (broad SMARTS) is 3. The Morgan fingerprint density at radius 2 is 1.44 bits per heavy atom. The molecule has 0 aliphatic heterocycles. The number of aromatic nitrogens is 1. The molecule has 0 aliphatic rings. The van der Waals surface area contributed by atoms with Crippen molar-refractivity contribution in [1.29, 1.82) is 0 Å². The van der Waals surface area contributed by atoms with Crippen LogP contribution in [0, 0.1) is 0 Å². The highest BCUT2D eigenvalue weighted by Gasteiger charge is 2.31. The lowest BCUT2D eigenvalue weighted by atomic mass is 10.0. The minimum absolute atomic E-state index is 0.161. The van der Waals surface area contributed by atoms with E-state index in [1.165, 1.54) is 6.92 Å². The monoisotopic (exact) mass is 505 g/mol. The number of H-pyrrole nitrogens is 1. The molecule has 0 saturated heterocycles. The first-order valence-corrected chi connectivity index (χ1v) is 10.8. The second kappa shape index (κ2) is 12.3. The average Bonchev–Trinajstić information content (AvgIpc) is 3.20. The van der Waals surface area contributed by atoms with Crippen molar-refractivity contribution in [3.05, 3.63) is 36.0 Å². The van der Waals surface area contributed by atoms with Crippen LogP contribution in [0.1, 0.15) is 25.3 Å². The molecule has 0 aliphatic carbocycles. The van der Waals surface area contributed by atoms with Gasteiger partial charge in [0.05, 0.1) is 18.9 Å². The molecule has 194 valence electrons. The van der Waals surface area contributed by atoms with E-state index < -0.39 is 72.6 Å². The first kappa shape index (κ1) is 27.8. The number of nitrogens with two attached hydrogens (primary N) is 1. The molecule has 0 saturated carbocycles. The van der Waals surface area contributed by atoms with E-state index in [1.807, 2.05) is 29.6 Å². The quantitative estimate of drug-likeness (QED) is 0.157. The third-order valence-corrected chi connectivity index (χ3v) is 5.21. The van der Waals surface area contributed by atoms with Gasteiger partial charge in [-0.2, -0.15) is 0 Å². The Bertz CT molecular complexity index is 1160. The Balaban J connectivity index is 2.00. The van der Waals surface area contributed by atoms with Gasteiger partial charge in [0.25, 0.3) is 0 Å². The highest BCUT2D eigenvalue weighted by molar-refractivity contribution is 5.96. The molecule has 9 N–H and O–H groups in total. The lowest BCUT2D eigenvalue weighted by Gasteiger charge is -2.22. The summed E-state index contributed by atoms with van der Waals surface area (Å²) in [5.74, 6) is -7.48. The zero-order valence-electron chi connectivity index (χ0n) is 19.2. The topological polar surface area (TPSA) is 241 Å². The van der Waals surface area contributed by atoms with Crippen molar-refractivity contribution in [2.75, 3.05) is 0 Å². The van der Waals surface area contributed by atoms with Crippen molar-refractivity contribution in [3.8, 4) is 0 Å². The van der Waals surface area contributed by atoms with Gasteiger partial charge in [-0.05, 0) is 25.0 Å². The van der Waals surface area contributed by atoms with Gasteiger partial charge in [0.1, 0.15) is 18.1 Å². The number of nitrogens with one attached hydrogen (secondary N) is 4. The predicted octanol–water partition coefficient (Wildman–Crippen LogP) is -1.45. The number of carbonyl (C=O) groups is 6. The largest absolute Gasteiger partial charge is 0.481 e. The summed E-state index contributed by atoms with van der Waals surface area (Å²) >= 11 is 0. The van der Waals surface area contributed by atoms with Gasteiger partial charge >= 0.3 is 17.9 Å². The van der Waals surface area contributed by atoms with Crippen LogP contribution in [0.3, 0.4) is 0 Å². The maximum atomic E-state index is 12.5. The van der Waals surface area contributed by atoms with E-state index in [9.17, 15) is 28.8 Å². The van der Waals surface area contributed by atoms with Gasteiger partial charge in [0.15, 0.2) is 0 Å². The molecule has 0 spiro atoms. The summed E-state index contributed by atoms with van der Waals surface area (Å²) in [7, 11) is 0. The number of rotatable bonds is 13. The van der Waals surface area contributed by atoms with E-state index in [-0.39, 0.29) is 6.42 Å². The lowest BCUT2D eigenvalue weighted by molar-refractivity contribution is -0.148. The molecular weight excluding hydrogens is 478 g/mol. The van der Waals surface area contributed by atoms with Crippen LogP contribution in [-0.4, -0.2) is 80.1 Å². The summed E-state index contributed by atoms with van der Waals surface area (Å²) in [6.45, 7) is 1.28. The van der Waals surface area contributed by atoms with Crippen molar-refractivity contribution >= 4 is 46.5 Å². The fourth-order valence-corrected chi connectivity index (χ4v) is 3.34. The summed E-state index contributed by atoms with van der Waals surface area (Å²) in [5, 5.41) is 34.2. The zero-order chi connectivity index (χ0) is 27.0. The summed E-state index contributed by atoms with van der Waals surface area (Å²) in [5.41, 5.74) is 7.64. The number of amides is 3. The predicted molar refractivity (Wildman–Crippen MR) is 124 cm³/mol. The molecule has 3 amide bonds. The molecule has 2 aromatic rings. The van der Waals surface area contributed by atoms with Crippen molar-refractivity contribution in [1.82, 2.24) is 20.9 Å². The SMILES string of the molecule is CC(NC(=O)C(N)Cc1c[nH]c2ccccc12)C(=O)NC(CC(=O)O)C(=O)NC(CC(=O)O)C(=O)O. The Hall–Kier alpha value is -4.46. The number of aliphatic carboxylic acids is 3. The minimum atomic E-state index is -1.84. The van der Waals surface area contributed by atoms with Crippen molar-refractivity contribution in [2.24, 2.45) is 5.73 Å². The molecule has 1 aromatic carbocycles. The first-order valence-electron chi connectivity index (χ1n) is 10.8. The summed E-state index contributed by atoms with van der Waals surface area (Å²) in [6.07, 6.45) is -0.000495. The van der Waals surface area contributed by atoms with Crippen LogP contribution in [0.15, 0.2) is 30.5 Å². The molecule has 0 radical (unpaired) electrons. The highest BCUT2D eigenvalue weighted by atomic mass is 16.4. The van der Waals surface area contributed by atoms with Crippen LogP contribution in [-0.2, 0) is 35.2 Å². The molecule has 2 rings (SSSR count).